The molecule has 13 heteroatoms. The van der Waals surface area contributed by atoms with Gasteiger partial charge in [-0.3, -0.25) is 19.2 Å². The number of likely N-dealkylation sites (tertiary alicyclic amines) is 1. The van der Waals surface area contributed by atoms with Crippen molar-refractivity contribution in [2.45, 2.75) is 143 Å². The second kappa shape index (κ2) is 15.1. The molecule has 1 aliphatic heterocycles. The van der Waals surface area contributed by atoms with Crippen LogP contribution >= 0.6 is 0 Å². The van der Waals surface area contributed by atoms with Gasteiger partial charge >= 0.3 is 12.1 Å². The number of urea groups is 1. The van der Waals surface area contributed by atoms with Crippen molar-refractivity contribution in [3.8, 4) is 0 Å². The molecule has 282 valence electrons. The number of carbonyl (C=O) groups is 6. The molecule has 4 aliphatic rings. The van der Waals surface area contributed by atoms with Crippen LogP contribution < -0.4 is 21.7 Å². The van der Waals surface area contributed by atoms with Crippen LogP contribution in [-0.2, 0) is 23.9 Å². The first-order chi connectivity index (χ1) is 23.1. The van der Waals surface area contributed by atoms with Crippen LogP contribution in [0.4, 0.5) is 9.59 Å². The Kier molecular flexibility index (Phi) is 11.9. The second-order valence-corrected chi connectivity index (χ2v) is 18.0. The molecule has 0 aromatic heterocycles. The van der Waals surface area contributed by atoms with E-state index >= 15 is 0 Å². The average molecular weight is 703 g/mol. The van der Waals surface area contributed by atoms with Crippen LogP contribution in [-0.4, -0.2) is 95.3 Å². The molecule has 3 saturated carbocycles. The fourth-order valence-corrected chi connectivity index (χ4v) is 8.13. The quantitative estimate of drug-likeness (QED) is 0.224. The smallest absolute Gasteiger partial charge is 0.410 e. The van der Waals surface area contributed by atoms with Gasteiger partial charge in [-0.15, -0.1) is 0 Å². The number of likely N-dealkylation sites (N-methyl/N-ethyl adjacent to an activating group) is 1. The van der Waals surface area contributed by atoms with Crippen LogP contribution in [0.3, 0.4) is 0 Å². The number of rotatable bonds is 12. The van der Waals surface area contributed by atoms with E-state index in [-0.39, 0.29) is 41.5 Å². The lowest BCUT2D eigenvalue weighted by atomic mass is 9.80. The summed E-state index contributed by atoms with van der Waals surface area (Å²) in [6.45, 7) is 16.0. The monoisotopic (exact) mass is 702 g/mol. The summed E-state index contributed by atoms with van der Waals surface area (Å²) in [6.07, 6.45) is 7.18. The number of hydrogen-bond donors (Lipinski definition) is 4. The van der Waals surface area contributed by atoms with Crippen LogP contribution in [0.15, 0.2) is 0 Å². The number of nitrogens with zero attached hydrogens (tertiary/aromatic N) is 2. The third-order valence-corrected chi connectivity index (χ3v) is 11.6. The molecule has 0 aromatic carbocycles. The first kappa shape index (κ1) is 39.4. The zero-order chi connectivity index (χ0) is 37.3. The highest BCUT2D eigenvalue weighted by atomic mass is 16.6. The minimum atomic E-state index is -1.09. The summed E-state index contributed by atoms with van der Waals surface area (Å²) in [5.41, 5.74) is 4.08. The van der Waals surface area contributed by atoms with Crippen molar-refractivity contribution in [1.82, 2.24) is 25.8 Å². The molecule has 0 spiro atoms. The van der Waals surface area contributed by atoms with E-state index in [0.29, 0.717) is 13.0 Å². The van der Waals surface area contributed by atoms with Crippen LogP contribution in [0, 0.1) is 34.5 Å². The van der Waals surface area contributed by atoms with Crippen molar-refractivity contribution in [3.63, 3.8) is 0 Å². The molecule has 5 N–H and O–H groups in total. The molecule has 1 heterocycles. The van der Waals surface area contributed by atoms with E-state index in [9.17, 15) is 28.8 Å². The number of ether oxygens (including phenoxy) is 1. The van der Waals surface area contributed by atoms with Crippen molar-refractivity contribution in [3.05, 3.63) is 0 Å². The van der Waals surface area contributed by atoms with Gasteiger partial charge in [0.25, 0.3) is 5.91 Å². The Morgan fingerprint density at radius 2 is 1.52 bits per heavy atom. The van der Waals surface area contributed by atoms with E-state index in [1.165, 1.54) is 4.90 Å². The number of amides is 6. The highest BCUT2D eigenvalue weighted by Crippen LogP contribution is 2.65. The molecule has 4 fully saturated rings. The van der Waals surface area contributed by atoms with Gasteiger partial charge in [-0.05, 0) is 74.5 Å². The first-order valence-electron chi connectivity index (χ1n) is 18.6. The zero-order valence-electron chi connectivity index (χ0n) is 31.7. The Labute approximate surface area is 297 Å². The zero-order valence-corrected chi connectivity index (χ0v) is 31.7. The lowest BCUT2D eigenvalue weighted by Crippen LogP contribution is -2.62. The summed E-state index contributed by atoms with van der Waals surface area (Å²) in [5.74, 6) is -2.59. The predicted molar refractivity (Wildman–Crippen MR) is 188 cm³/mol. The summed E-state index contributed by atoms with van der Waals surface area (Å²) in [5, 5.41) is 8.88. The standard InChI is InChI=1S/C37H62N6O7/c1-35(2,3)25(20-42(9)34(49)50-36(4,5)6)40-33(48)41-27(22-16-11-10-12-17-22)32(47)43-19-23-26(37(23,7)8)28(43)31(46)39-24(29(44)30(38)45)18-21-14-13-15-21/h21-28H,10-20H2,1-9H3,(H2,38,45)(H,39,46)(H2,40,41,48)/t23-,24?,25+,26-,27-,28-/m0/s1. The molecular formula is C37H62N6O7. The number of piperidine rings is 1. The van der Waals surface area contributed by atoms with Gasteiger partial charge in [0.15, 0.2) is 0 Å². The summed E-state index contributed by atoms with van der Waals surface area (Å²) < 4.78 is 5.52. The number of fused-ring (bicyclic) bond motifs is 1. The maximum Gasteiger partial charge on any atom is 0.410 e. The fourth-order valence-electron chi connectivity index (χ4n) is 8.13. The average Bonchev–Trinajstić information content (AvgIpc) is 3.30. The minimum absolute atomic E-state index is 0.0913. The molecule has 0 radical (unpaired) electrons. The van der Waals surface area contributed by atoms with Crippen LogP contribution in [0.5, 0.6) is 0 Å². The van der Waals surface area contributed by atoms with Crippen molar-refractivity contribution in [1.29, 1.82) is 0 Å². The Bertz CT molecular complexity index is 1310. The maximum absolute atomic E-state index is 14.6. The predicted octanol–water partition coefficient (Wildman–Crippen LogP) is 3.73. The van der Waals surface area contributed by atoms with E-state index in [4.69, 9.17) is 10.5 Å². The highest BCUT2D eigenvalue weighted by Gasteiger charge is 2.69. The molecule has 13 nitrogen and oxygen atoms in total. The number of hydrogen-bond acceptors (Lipinski definition) is 7. The third-order valence-electron chi connectivity index (χ3n) is 11.6. The van der Waals surface area contributed by atoms with Crippen LogP contribution in [0.1, 0.15) is 113 Å². The van der Waals surface area contributed by atoms with Gasteiger partial charge in [-0.2, -0.15) is 0 Å². The minimum Gasteiger partial charge on any atom is -0.444 e. The number of nitrogens with two attached hydrogens (primary N) is 1. The molecule has 4 rings (SSSR count). The van der Waals surface area contributed by atoms with E-state index < -0.39 is 64.9 Å². The van der Waals surface area contributed by atoms with Gasteiger partial charge in [-0.25, -0.2) is 9.59 Å². The van der Waals surface area contributed by atoms with Gasteiger partial charge in [0.2, 0.25) is 17.6 Å². The van der Waals surface area contributed by atoms with Crippen molar-refractivity contribution in [2.75, 3.05) is 20.1 Å². The second-order valence-electron chi connectivity index (χ2n) is 18.0. The summed E-state index contributed by atoms with van der Waals surface area (Å²) >= 11 is 0. The van der Waals surface area contributed by atoms with Gasteiger partial charge < -0.3 is 36.2 Å². The van der Waals surface area contributed by atoms with Crippen molar-refractivity contribution in [2.24, 2.45) is 40.2 Å². The van der Waals surface area contributed by atoms with E-state index in [2.05, 4.69) is 29.8 Å². The Morgan fingerprint density at radius 3 is 2.04 bits per heavy atom. The molecular weight excluding hydrogens is 640 g/mol. The molecule has 6 amide bonds. The Balaban J connectivity index is 1.54. The molecule has 1 unspecified atom stereocenters. The van der Waals surface area contributed by atoms with E-state index in [1.807, 2.05) is 20.8 Å². The number of nitrogens with one attached hydrogen (secondary N) is 3. The van der Waals surface area contributed by atoms with Crippen molar-refractivity contribution < 1.29 is 33.5 Å². The molecule has 0 bridgehead atoms. The Morgan fingerprint density at radius 1 is 0.900 bits per heavy atom. The lowest BCUT2D eigenvalue weighted by molar-refractivity contribution is -0.144. The molecule has 0 aromatic rings. The first-order valence-corrected chi connectivity index (χ1v) is 18.6. The number of primary amides is 1. The third kappa shape index (κ3) is 9.29. The topological polar surface area (TPSA) is 180 Å². The van der Waals surface area contributed by atoms with Crippen molar-refractivity contribution >= 4 is 35.6 Å². The summed E-state index contributed by atoms with van der Waals surface area (Å²) in [6, 6.07) is -3.74. The fraction of sp³-hybridized carbons (Fsp3) is 0.838. The molecule has 6 atom stereocenters. The summed E-state index contributed by atoms with van der Waals surface area (Å²) in [7, 11) is 1.62. The van der Waals surface area contributed by atoms with Gasteiger partial charge in [-0.1, -0.05) is 73.1 Å². The number of ketones is 1. The number of Topliss-reactive ketones (excluding diaryl/α,β-unsaturated/α-hetero) is 1. The van der Waals surface area contributed by atoms with E-state index in [1.54, 1.807) is 32.7 Å². The van der Waals surface area contributed by atoms with Crippen LogP contribution in [0.25, 0.3) is 0 Å². The van der Waals surface area contributed by atoms with Gasteiger partial charge in [0.1, 0.15) is 17.7 Å². The highest BCUT2D eigenvalue weighted by molar-refractivity contribution is 6.37. The Hall–Kier alpha value is -3.38. The van der Waals surface area contributed by atoms with Gasteiger partial charge in [0, 0.05) is 20.1 Å². The SMILES string of the molecule is CN(C[C@@H](NC(=O)N[C@H](C(=O)N1C[C@H]2[C@@H]([C@H]1C(=O)NC(CC1CCC1)C(=O)C(N)=O)C2(C)C)C1CCCCC1)C(C)(C)C)C(=O)OC(C)(C)C. The van der Waals surface area contributed by atoms with E-state index in [0.717, 1.165) is 51.4 Å². The summed E-state index contributed by atoms with van der Waals surface area (Å²) in [4.78, 5) is 83.0. The lowest BCUT2D eigenvalue weighted by Gasteiger charge is -2.38. The molecule has 50 heavy (non-hydrogen) atoms. The molecule has 1 saturated heterocycles. The number of carbonyl (C=O) groups excluding carboxylic acids is 6. The molecule has 3 aliphatic carbocycles. The van der Waals surface area contributed by atoms with Gasteiger partial charge in [0.05, 0.1) is 12.1 Å². The van der Waals surface area contributed by atoms with Crippen LogP contribution in [0.2, 0.25) is 0 Å². The maximum atomic E-state index is 14.6. The largest absolute Gasteiger partial charge is 0.444 e. The normalized spacial score (nSPS) is 25.2.